The van der Waals surface area contributed by atoms with Crippen LogP contribution in [0, 0.1) is 5.92 Å². The molecule has 1 N–H and O–H groups in total. The van der Waals surface area contributed by atoms with Crippen LogP contribution >= 0.6 is 0 Å². The smallest absolute Gasteiger partial charge is 0.166 e. The van der Waals surface area contributed by atoms with E-state index in [2.05, 4.69) is 4.98 Å². The third-order valence-corrected chi connectivity index (χ3v) is 1.75. The van der Waals surface area contributed by atoms with E-state index in [4.69, 9.17) is 0 Å². The van der Waals surface area contributed by atoms with Crippen LogP contribution < -0.4 is 0 Å². The molecule has 0 aliphatic heterocycles. The summed E-state index contributed by atoms with van der Waals surface area (Å²) in [4.78, 5) is 24.5. The van der Waals surface area contributed by atoms with Crippen LogP contribution in [-0.2, 0) is 0 Å². The van der Waals surface area contributed by atoms with Gasteiger partial charge in [0.05, 0.1) is 5.69 Å². The molecule has 0 aliphatic rings. The first-order valence-corrected chi connectivity index (χ1v) is 4.30. The van der Waals surface area contributed by atoms with Gasteiger partial charge in [-0.05, 0) is 12.0 Å². The lowest BCUT2D eigenvalue weighted by Gasteiger charge is -2.00. The zero-order valence-electron chi connectivity index (χ0n) is 7.83. The molecule has 0 saturated carbocycles. The van der Waals surface area contributed by atoms with Crippen molar-refractivity contribution in [1.82, 2.24) is 4.98 Å². The summed E-state index contributed by atoms with van der Waals surface area (Å²) < 4.78 is 0. The van der Waals surface area contributed by atoms with Crippen LogP contribution in [0.5, 0.6) is 0 Å². The van der Waals surface area contributed by atoms with Gasteiger partial charge < -0.3 is 4.98 Å². The number of ketones is 1. The van der Waals surface area contributed by atoms with Gasteiger partial charge in [-0.2, -0.15) is 0 Å². The molecule has 3 nitrogen and oxygen atoms in total. The molecule has 1 rings (SSSR count). The Morgan fingerprint density at radius 1 is 1.62 bits per heavy atom. The quantitative estimate of drug-likeness (QED) is 0.568. The minimum absolute atomic E-state index is 0.0827. The minimum atomic E-state index is 0.0827. The number of carbonyl (C=O) groups excluding carboxylic acids is 2. The second kappa shape index (κ2) is 4.03. The monoisotopic (exact) mass is 179 g/mol. The average Bonchev–Trinajstić information content (AvgIpc) is 2.50. The first kappa shape index (κ1) is 9.71. The van der Waals surface area contributed by atoms with Crippen LogP contribution in [0.4, 0.5) is 0 Å². The topological polar surface area (TPSA) is 49.9 Å². The van der Waals surface area contributed by atoms with Gasteiger partial charge in [0.15, 0.2) is 12.1 Å². The molecule has 0 bridgehead atoms. The highest BCUT2D eigenvalue weighted by Crippen LogP contribution is 2.09. The number of aromatic nitrogens is 1. The first-order valence-electron chi connectivity index (χ1n) is 4.30. The fourth-order valence-corrected chi connectivity index (χ4v) is 1.13. The van der Waals surface area contributed by atoms with Gasteiger partial charge in [-0.3, -0.25) is 9.59 Å². The van der Waals surface area contributed by atoms with Crippen LogP contribution in [0.3, 0.4) is 0 Å². The van der Waals surface area contributed by atoms with Crippen molar-refractivity contribution in [1.29, 1.82) is 0 Å². The third kappa shape index (κ3) is 2.54. The maximum Gasteiger partial charge on any atom is 0.166 e. The summed E-state index contributed by atoms with van der Waals surface area (Å²) in [6, 6.07) is 1.58. The molecule has 0 radical (unpaired) electrons. The number of nitrogens with one attached hydrogen (secondary N) is 1. The maximum absolute atomic E-state index is 11.4. The number of carbonyl (C=O) groups is 2. The summed E-state index contributed by atoms with van der Waals surface area (Å²) in [6.07, 6.45) is 2.80. The Hall–Kier alpha value is -1.38. The van der Waals surface area contributed by atoms with Crippen molar-refractivity contribution in [2.24, 2.45) is 5.92 Å². The number of aromatic amines is 1. The van der Waals surface area contributed by atoms with Gasteiger partial charge >= 0.3 is 0 Å². The summed E-state index contributed by atoms with van der Waals surface area (Å²) in [5, 5.41) is 0. The lowest BCUT2D eigenvalue weighted by Crippen LogP contribution is -2.01. The van der Waals surface area contributed by atoms with E-state index in [0.29, 0.717) is 29.9 Å². The lowest BCUT2D eigenvalue weighted by molar-refractivity contribution is 0.0968. The van der Waals surface area contributed by atoms with Crippen LogP contribution in [0.25, 0.3) is 0 Å². The summed E-state index contributed by atoms with van der Waals surface area (Å²) in [5.41, 5.74) is 1.04. The Balaban J connectivity index is 2.71. The highest BCUT2D eigenvalue weighted by molar-refractivity contribution is 5.97. The largest absolute Gasteiger partial charge is 0.358 e. The average molecular weight is 179 g/mol. The Bertz CT molecular complexity index is 312. The van der Waals surface area contributed by atoms with Gasteiger partial charge in [0.25, 0.3) is 0 Å². The minimum Gasteiger partial charge on any atom is -0.358 e. The fraction of sp³-hybridized carbons (Fsp3) is 0.400. The molecule has 0 amide bonds. The summed E-state index contributed by atoms with van der Waals surface area (Å²) in [6.45, 7) is 3.98. The molecule has 1 aromatic rings. The molecule has 3 heteroatoms. The number of H-pyrrole nitrogens is 1. The van der Waals surface area contributed by atoms with Crippen molar-refractivity contribution in [3.05, 3.63) is 23.5 Å². The standard InChI is InChI=1S/C10H13NO2/c1-7(2)3-10(13)8-4-9(6-12)11-5-8/h4-7,11H,3H2,1-2H3. The van der Waals surface area contributed by atoms with E-state index in [1.807, 2.05) is 13.8 Å². The van der Waals surface area contributed by atoms with Crippen molar-refractivity contribution in [3.8, 4) is 0 Å². The van der Waals surface area contributed by atoms with Crippen LogP contribution in [0.15, 0.2) is 12.3 Å². The molecular weight excluding hydrogens is 166 g/mol. The molecule has 0 saturated heterocycles. The SMILES string of the molecule is CC(C)CC(=O)c1c[nH]c(C=O)c1. The molecule has 0 atom stereocenters. The third-order valence-electron chi connectivity index (χ3n) is 1.75. The summed E-state index contributed by atoms with van der Waals surface area (Å²) >= 11 is 0. The number of hydrogen-bond donors (Lipinski definition) is 1. The Morgan fingerprint density at radius 3 is 2.77 bits per heavy atom. The second-order valence-corrected chi connectivity index (χ2v) is 3.48. The van der Waals surface area contributed by atoms with Gasteiger partial charge in [0.2, 0.25) is 0 Å². The molecule has 0 aliphatic carbocycles. The first-order chi connectivity index (χ1) is 6.13. The zero-order valence-corrected chi connectivity index (χ0v) is 7.83. The maximum atomic E-state index is 11.4. The summed E-state index contributed by atoms with van der Waals surface area (Å²) in [5.74, 6) is 0.432. The number of Topliss-reactive ketones (excluding diaryl/α,β-unsaturated/α-hetero) is 1. The highest BCUT2D eigenvalue weighted by atomic mass is 16.1. The fourth-order valence-electron chi connectivity index (χ4n) is 1.13. The van der Waals surface area contributed by atoms with Crippen LogP contribution in [-0.4, -0.2) is 17.1 Å². The van der Waals surface area contributed by atoms with E-state index in [0.717, 1.165) is 0 Å². The van der Waals surface area contributed by atoms with Gasteiger partial charge in [-0.15, -0.1) is 0 Å². The lowest BCUT2D eigenvalue weighted by atomic mass is 10.0. The Kier molecular flexibility index (Phi) is 3.01. The number of aldehydes is 1. The van der Waals surface area contributed by atoms with Crippen LogP contribution in [0.1, 0.15) is 41.1 Å². The predicted molar refractivity (Wildman–Crippen MR) is 50.0 cm³/mol. The van der Waals surface area contributed by atoms with E-state index in [1.165, 1.54) is 0 Å². The molecule has 0 unspecified atom stereocenters. The van der Waals surface area contributed by atoms with Crippen molar-refractivity contribution in [3.63, 3.8) is 0 Å². The molecule has 1 heterocycles. The van der Waals surface area contributed by atoms with Crippen LogP contribution in [0.2, 0.25) is 0 Å². The predicted octanol–water partition coefficient (Wildman–Crippen LogP) is 2.06. The van der Waals surface area contributed by atoms with Crippen molar-refractivity contribution >= 4 is 12.1 Å². The van der Waals surface area contributed by atoms with Crippen molar-refractivity contribution in [2.45, 2.75) is 20.3 Å². The van der Waals surface area contributed by atoms with E-state index in [1.54, 1.807) is 12.3 Å². The molecule has 70 valence electrons. The molecule has 0 aromatic carbocycles. The van der Waals surface area contributed by atoms with E-state index in [9.17, 15) is 9.59 Å². The highest BCUT2D eigenvalue weighted by Gasteiger charge is 2.09. The number of rotatable bonds is 4. The van der Waals surface area contributed by atoms with Crippen molar-refractivity contribution < 1.29 is 9.59 Å². The van der Waals surface area contributed by atoms with Gasteiger partial charge in [-0.25, -0.2) is 0 Å². The molecule has 13 heavy (non-hydrogen) atoms. The molecular formula is C10H13NO2. The molecule has 0 spiro atoms. The normalized spacial score (nSPS) is 10.4. The van der Waals surface area contributed by atoms with E-state index in [-0.39, 0.29) is 5.78 Å². The Morgan fingerprint density at radius 2 is 2.31 bits per heavy atom. The summed E-state index contributed by atoms with van der Waals surface area (Å²) in [7, 11) is 0. The van der Waals surface area contributed by atoms with Gasteiger partial charge in [-0.1, -0.05) is 13.8 Å². The van der Waals surface area contributed by atoms with Gasteiger partial charge in [0.1, 0.15) is 0 Å². The Labute approximate surface area is 77.2 Å². The second-order valence-electron chi connectivity index (χ2n) is 3.48. The number of hydrogen-bond acceptors (Lipinski definition) is 2. The van der Waals surface area contributed by atoms with Gasteiger partial charge in [0, 0.05) is 18.2 Å². The van der Waals surface area contributed by atoms with Crippen molar-refractivity contribution in [2.75, 3.05) is 0 Å². The zero-order chi connectivity index (χ0) is 9.84. The molecule has 1 aromatic heterocycles. The van der Waals surface area contributed by atoms with E-state index < -0.39 is 0 Å². The molecule has 0 fully saturated rings. The van der Waals surface area contributed by atoms with E-state index >= 15 is 0 Å².